The number of carboxylic acids is 1. The molecule has 184 valence electrons. The van der Waals surface area contributed by atoms with Gasteiger partial charge in [-0.1, -0.05) is 6.07 Å². The van der Waals surface area contributed by atoms with E-state index in [2.05, 4.69) is 4.98 Å². The number of rotatable bonds is 5. The number of carbonyl (C=O) groups excluding carboxylic acids is 1. The molecular formula is C29H26FNO5. The van der Waals surface area contributed by atoms with Crippen LogP contribution in [0.5, 0.6) is 5.75 Å². The molecule has 1 aliphatic rings. The van der Waals surface area contributed by atoms with Crippen molar-refractivity contribution in [1.82, 2.24) is 4.98 Å². The van der Waals surface area contributed by atoms with E-state index in [9.17, 15) is 14.7 Å². The Morgan fingerprint density at radius 2 is 1.97 bits per heavy atom. The predicted molar refractivity (Wildman–Crippen MR) is 135 cm³/mol. The van der Waals surface area contributed by atoms with E-state index in [1.807, 2.05) is 18.2 Å². The van der Waals surface area contributed by atoms with Crippen LogP contribution < -0.4 is 4.74 Å². The van der Waals surface area contributed by atoms with Gasteiger partial charge in [0.25, 0.3) is 0 Å². The maximum Gasteiger partial charge on any atom is 0.337 e. The minimum atomic E-state index is -1.32. The van der Waals surface area contributed by atoms with Gasteiger partial charge in [0.2, 0.25) is 0 Å². The number of carboxylic acid groups (broad SMARTS) is 1. The fourth-order valence-electron chi connectivity index (χ4n) is 5.01. The summed E-state index contributed by atoms with van der Waals surface area (Å²) in [6, 6.07) is 10.3. The smallest absolute Gasteiger partial charge is 0.337 e. The topological polar surface area (TPSA) is 85.7 Å². The second kappa shape index (κ2) is 8.68. The van der Waals surface area contributed by atoms with Gasteiger partial charge in [0.05, 0.1) is 23.3 Å². The Bertz CT molecular complexity index is 1540. The van der Waals surface area contributed by atoms with Crippen molar-refractivity contribution in [3.8, 4) is 16.9 Å². The first-order valence-corrected chi connectivity index (χ1v) is 11.8. The van der Waals surface area contributed by atoms with Gasteiger partial charge in [0.1, 0.15) is 11.6 Å². The molecule has 6 nitrogen and oxygen atoms in total. The van der Waals surface area contributed by atoms with Crippen LogP contribution in [0.1, 0.15) is 53.9 Å². The van der Waals surface area contributed by atoms with Gasteiger partial charge < -0.3 is 14.6 Å². The van der Waals surface area contributed by atoms with Crippen molar-refractivity contribution in [2.24, 2.45) is 0 Å². The third-order valence-corrected chi connectivity index (χ3v) is 6.46. The second-order valence-electron chi connectivity index (χ2n) is 10.0. The highest BCUT2D eigenvalue weighted by atomic mass is 19.1. The van der Waals surface area contributed by atoms with Crippen molar-refractivity contribution in [2.45, 2.75) is 45.8 Å². The highest BCUT2D eigenvalue weighted by Gasteiger charge is 2.33. The zero-order valence-electron chi connectivity index (χ0n) is 20.5. The summed E-state index contributed by atoms with van der Waals surface area (Å²) < 4.78 is 27.3. The highest BCUT2D eigenvalue weighted by molar-refractivity contribution is 6.09. The zero-order chi connectivity index (χ0) is 25.8. The van der Waals surface area contributed by atoms with Crippen molar-refractivity contribution in [3.05, 3.63) is 70.7 Å². The standard InChI is InChI=1S/C29H26FNO5/c1-15-13-20-18(6-5-17(14-32)25(20)30)24(22(15)27(28(33)34)36-29(2,3)4)19-7-8-21-23-16(10-12-35-21)9-11-31-26(19)23/h5-9,11,13-14,27H,10,12H2,1-4H3,(H,33,34). The Hall–Kier alpha value is -3.84. The average Bonchev–Trinajstić information content (AvgIpc) is 2.83. The normalized spacial score (nSPS) is 14.0. The molecule has 1 N–H and O–H groups in total. The predicted octanol–water partition coefficient (Wildman–Crippen LogP) is 6.19. The first-order valence-electron chi connectivity index (χ1n) is 11.8. The van der Waals surface area contributed by atoms with Crippen molar-refractivity contribution in [2.75, 3.05) is 6.61 Å². The number of aryl methyl sites for hydroxylation is 1. The molecule has 0 amide bonds. The average molecular weight is 488 g/mol. The minimum absolute atomic E-state index is 0.0650. The minimum Gasteiger partial charge on any atom is -0.493 e. The van der Waals surface area contributed by atoms with E-state index < -0.39 is 23.5 Å². The number of nitrogens with zero attached hydrogens (tertiary/aromatic N) is 1. The maximum absolute atomic E-state index is 15.4. The van der Waals surface area contributed by atoms with E-state index in [-0.39, 0.29) is 10.9 Å². The molecule has 4 aromatic rings. The van der Waals surface area contributed by atoms with Gasteiger partial charge in [-0.3, -0.25) is 9.78 Å². The SMILES string of the molecule is Cc1cc2c(F)c(C=O)ccc2c(-c2ccc3c4c(ccnc24)CCO3)c1C(OC(C)(C)C)C(=O)O. The van der Waals surface area contributed by atoms with Gasteiger partial charge in [-0.25, -0.2) is 9.18 Å². The number of aromatic nitrogens is 1. The molecule has 0 saturated heterocycles. The van der Waals surface area contributed by atoms with Crippen LogP contribution in [0.15, 0.2) is 42.6 Å². The molecule has 2 heterocycles. The van der Waals surface area contributed by atoms with Crippen LogP contribution in [0.4, 0.5) is 4.39 Å². The lowest BCUT2D eigenvalue weighted by atomic mass is 9.85. The van der Waals surface area contributed by atoms with Crippen molar-refractivity contribution in [3.63, 3.8) is 0 Å². The van der Waals surface area contributed by atoms with E-state index >= 15 is 4.39 Å². The van der Waals surface area contributed by atoms with Crippen LogP contribution in [0.25, 0.3) is 32.8 Å². The zero-order valence-corrected chi connectivity index (χ0v) is 20.5. The molecule has 1 atom stereocenters. The third-order valence-electron chi connectivity index (χ3n) is 6.46. The Balaban J connectivity index is 1.95. The summed E-state index contributed by atoms with van der Waals surface area (Å²) >= 11 is 0. The third kappa shape index (κ3) is 3.89. The lowest BCUT2D eigenvalue weighted by Gasteiger charge is -2.29. The van der Waals surface area contributed by atoms with Crippen LogP contribution >= 0.6 is 0 Å². The number of aldehydes is 1. The van der Waals surface area contributed by atoms with Crippen molar-refractivity contribution in [1.29, 1.82) is 0 Å². The summed E-state index contributed by atoms with van der Waals surface area (Å²) in [4.78, 5) is 28.7. The van der Waals surface area contributed by atoms with Crippen molar-refractivity contribution >= 4 is 33.9 Å². The summed E-state index contributed by atoms with van der Waals surface area (Å²) in [5.74, 6) is -1.10. The molecule has 5 rings (SSSR count). The Labute approximate surface area is 207 Å². The Morgan fingerprint density at radius 1 is 1.19 bits per heavy atom. The number of hydrogen-bond donors (Lipinski definition) is 1. The molecule has 1 unspecified atom stereocenters. The largest absolute Gasteiger partial charge is 0.493 e. The number of pyridine rings is 1. The van der Waals surface area contributed by atoms with Gasteiger partial charge in [-0.05, 0) is 80.1 Å². The summed E-state index contributed by atoms with van der Waals surface area (Å²) in [6.07, 6.45) is 1.60. The van der Waals surface area contributed by atoms with Gasteiger partial charge in [-0.2, -0.15) is 0 Å². The first-order chi connectivity index (χ1) is 17.1. The second-order valence-corrected chi connectivity index (χ2v) is 10.0. The number of ether oxygens (including phenoxy) is 2. The first kappa shape index (κ1) is 23.9. The van der Waals surface area contributed by atoms with Crippen LogP contribution in [-0.4, -0.2) is 34.6 Å². The van der Waals surface area contributed by atoms with E-state index in [1.165, 1.54) is 6.07 Å². The van der Waals surface area contributed by atoms with Gasteiger partial charge >= 0.3 is 5.97 Å². The van der Waals surface area contributed by atoms with Crippen LogP contribution in [0, 0.1) is 12.7 Å². The number of halogens is 1. The quantitative estimate of drug-likeness (QED) is 0.338. The number of aliphatic carboxylic acids is 1. The molecule has 0 bridgehead atoms. The number of hydrogen-bond acceptors (Lipinski definition) is 5. The fourth-order valence-corrected chi connectivity index (χ4v) is 5.01. The van der Waals surface area contributed by atoms with Gasteiger partial charge in [0, 0.05) is 34.5 Å². The summed E-state index contributed by atoms with van der Waals surface area (Å²) in [5.41, 5.74) is 3.00. The molecule has 1 aromatic heterocycles. The van der Waals surface area contributed by atoms with E-state index in [4.69, 9.17) is 9.47 Å². The monoisotopic (exact) mass is 487 g/mol. The fraction of sp³-hybridized carbons (Fsp3) is 0.276. The van der Waals surface area contributed by atoms with Gasteiger partial charge in [-0.15, -0.1) is 0 Å². The summed E-state index contributed by atoms with van der Waals surface area (Å²) in [5, 5.41) is 11.8. The molecular weight excluding hydrogens is 461 g/mol. The van der Waals surface area contributed by atoms with E-state index in [0.717, 1.165) is 17.4 Å². The van der Waals surface area contributed by atoms with Crippen LogP contribution in [-0.2, 0) is 16.0 Å². The van der Waals surface area contributed by atoms with Gasteiger partial charge in [0.15, 0.2) is 12.4 Å². The van der Waals surface area contributed by atoms with Crippen molar-refractivity contribution < 1.29 is 28.6 Å². The molecule has 0 saturated carbocycles. The lowest BCUT2D eigenvalue weighted by Crippen LogP contribution is -2.28. The Kier molecular flexibility index (Phi) is 5.75. The lowest BCUT2D eigenvalue weighted by molar-refractivity contribution is -0.160. The Morgan fingerprint density at radius 3 is 2.67 bits per heavy atom. The molecule has 3 aromatic carbocycles. The molecule has 0 spiro atoms. The number of carbonyl (C=O) groups is 2. The van der Waals surface area contributed by atoms with E-state index in [0.29, 0.717) is 51.8 Å². The molecule has 1 aliphatic heterocycles. The maximum atomic E-state index is 15.4. The van der Waals surface area contributed by atoms with Crippen LogP contribution in [0.2, 0.25) is 0 Å². The highest BCUT2D eigenvalue weighted by Crippen LogP contribution is 2.45. The summed E-state index contributed by atoms with van der Waals surface area (Å²) in [6.45, 7) is 7.66. The molecule has 7 heteroatoms. The summed E-state index contributed by atoms with van der Waals surface area (Å²) in [7, 11) is 0. The molecule has 0 radical (unpaired) electrons. The number of benzene rings is 3. The molecule has 0 fully saturated rings. The molecule has 36 heavy (non-hydrogen) atoms. The van der Waals surface area contributed by atoms with Crippen LogP contribution in [0.3, 0.4) is 0 Å². The number of fused-ring (bicyclic) bond motifs is 1. The van der Waals surface area contributed by atoms with E-state index in [1.54, 1.807) is 46.0 Å². The molecule has 0 aliphatic carbocycles.